The van der Waals surface area contributed by atoms with Gasteiger partial charge < -0.3 is 18.9 Å². The minimum absolute atomic E-state index is 0.211. The van der Waals surface area contributed by atoms with Crippen molar-refractivity contribution in [3.8, 4) is 22.6 Å². The Morgan fingerprint density at radius 3 is 1.29 bits per heavy atom. The highest BCUT2D eigenvalue weighted by Gasteiger charge is 2.45. The Hall–Kier alpha value is -5.10. The maximum Gasteiger partial charge on any atom is 0.333 e. The van der Waals surface area contributed by atoms with Gasteiger partial charge in [-0.2, -0.15) is 0 Å². The number of rotatable bonds is 18. The summed E-state index contributed by atoms with van der Waals surface area (Å²) in [5.74, 6) is 0.798. The molecule has 1 aliphatic carbocycles. The van der Waals surface area contributed by atoms with Gasteiger partial charge in [0.25, 0.3) is 0 Å². The molecule has 5 rings (SSSR count). The van der Waals surface area contributed by atoms with Gasteiger partial charge in [0.15, 0.2) is 0 Å². The molecule has 0 saturated carbocycles. The fourth-order valence-corrected chi connectivity index (χ4v) is 6.91. The van der Waals surface area contributed by atoms with Crippen molar-refractivity contribution < 1.29 is 28.5 Å². The van der Waals surface area contributed by atoms with Gasteiger partial charge in [0.1, 0.15) is 23.7 Å². The minimum atomic E-state index is -0.559. The van der Waals surface area contributed by atoms with E-state index in [4.69, 9.17) is 18.9 Å². The predicted molar refractivity (Wildman–Crippen MR) is 203 cm³/mol. The van der Waals surface area contributed by atoms with Crippen LogP contribution in [0.4, 0.5) is 0 Å². The Morgan fingerprint density at radius 1 is 0.569 bits per heavy atom. The van der Waals surface area contributed by atoms with Crippen LogP contribution in [0.1, 0.15) is 88.5 Å². The van der Waals surface area contributed by atoms with E-state index < -0.39 is 5.41 Å². The summed E-state index contributed by atoms with van der Waals surface area (Å²) in [4.78, 5) is 24.2. The van der Waals surface area contributed by atoms with Gasteiger partial charge in [0.2, 0.25) is 0 Å². The molecule has 266 valence electrons. The first-order chi connectivity index (χ1) is 24.7. The van der Waals surface area contributed by atoms with E-state index in [1.54, 1.807) is 13.8 Å². The maximum absolute atomic E-state index is 12.1. The van der Waals surface area contributed by atoms with Gasteiger partial charge in [-0.05, 0) is 84.3 Å². The van der Waals surface area contributed by atoms with Crippen molar-refractivity contribution in [2.45, 2.75) is 83.8 Å². The van der Waals surface area contributed by atoms with Crippen LogP contribution in [0.25, 0.3) is 11.1 Å². The minimum Gasteiger partial charge on any atom is -0.493 e. The third-order valence-electron chi connectivity index (χ3n) is 9.41. The predicted octanol–water partition coefficient (Wildman–Crippen LogP) is 10.2. The average molecular weight is 687 g/mol. The molecular formula is C45H50O6. The van der Waals surface area contributed by atoms with E-state index in [9.17, 15) is 9.59 Å². The van der Waals surface area contributed by atoms with Crippen LogP contribution in [-0.4, -0.2) is 37.4 Å². The third kappa shape index (κ3) is 8.45. The second-order valence-corrected chi connectivity index (χ2v) is 13.4. The molecule has 0 heterocycles. The Balaban J connectivity index is 1.39. The van der Waals surface area contributed by atoms with Crippen LogP contribution in [-0.2, 0) is 24.5 Å². The SMILES string of the molecule is C=C(C)C(=O)OC(CCC)CCOc1ccc(C2(c3ccc(OCCC(CCC)OC(=O)C(=C)C)cc3)c3ccccc3-c3ccccc32)cc1. The Bertz CT molecular complexity index is 1690. The molecule has 51 heavy (non-hydrogen) atoms. The van der Waals surface area contributed by atoms with E-state index in [2.05, 4.69) is 99.8 Å². The van der Waals surface area contributed by atoms with Gasteiger partial charge in [-0.1, -0.05) is 113 Å². The zero-order chi connectivity index (χ0) is 36.4. The molecule has 4 aromatic carbocycles. The largest absolute Gasteiger partial charge is 0.493 e. The molecule has 0 aliphatic heterocycles. The number of ether oxygens (including phenoxy) is 4. The number of benzene rings is 4. The topological polar surface area (TPSA) is 71.1 Å². The average Bonchev–Trinajstić information content (AvgIpc) is 3.43. The fourth-order valence-electron chi connectivity index (χ4n) is 6.91. The second-order valence-electron chi connectivity index (χ2n) is 13.4. The van der Waals surface area contributed by atoms with E-state index in [-0.39, 0.29) is 24.1 Å². The molecule has 4 aromatic rings. The summed E-state index contributed by atoms with van der Waals surface area (Å²) in [5.41, 5.74) is 7.36. The molecule has 2 atom stereocenters. The van der Waals surface area contributed by atoms with Crippen molar-refractivity contribution in [3.63, 3.8) is 0 Å². The van der Waals surface area contributed by atoms with Gasteiger partial charge in [-0.25, -0.2) is 9.59 Å². The van der Waals surface area contributed by atoms with Gasteiger partial charge in [-0.15, -0.1) is 0 Å². The lowest BCUT2D eigenvalue weighted by Crippen LogP contribution is -2.28. The van der Waals surface area contributed by atoms with Crippen LogP contribution >= 0.6 is 0 Å². The number of hydrogen-bond acceptors (Lipinski definition) is 6. The number of hydrogen-bond donors (Lipinski definition) is 0. The molecule has 0 fully saturated rings. The molecule has 0 spiro atoms. The Morgan fingerprint density at radius 2 is 0.941 bits per heavy atom. The van der Waals surface area contributed by atoms with Crippen molar-refractivity contribution in [2.75, 3.05) is 13.2 Å². The zero-order valence-electron chi connectivity index (χ0n) is 30.4. The molecule has 0 radical (unpaired) electrons. The number of esters is 2. The van der Waals surface area contributed by atoms with Crippen molar-refractivity contribution in [1.29, 1.82) is 0 Å². The summed E-state index contributed by atoms with van der Waals surface area (Å²) in [5, 5.41) is 0. The Labute approximate surface area is 303 Å². The van der Waals surface area contributed by atoms with Crippen LogP contribution < -0.4 is 9.47 Å². The molecule has 0 aromatic heterocycles. The molecule has 1 aliphatic rings. The zero-order valence-corrected chi connectivity index (χ0v) is 30.4. The molecule has 6 heteroatoms. The smallest absolute Gasteiger partial charge is 0.333 e. The quantitative estimate of drug-likeness (QED) is 0.0675. The highest BCUT2D eigenvalue weighted by atomic mass is 16.6. The summed E-state index contributed by atoms with van der Waals surface area (Å²) >= 11 is 0. The maximum atomic E-state index is 12.1. The van der Waals surface area contributed by atoms with Crippen LogP contribution in [0.2, 0.25) is 0 Å². The van der Waals surface area contributed by atoms with Gasteiger partial charge in [0, 0.05) is 24.0 Å². The molecular weight excluding hydrogens is 636 g/mol. The lowest BCUT2D eigenvalue weighted by molar-refractivity contribution is -0.146. The van der Waals surface area contributed by atoms with Crippen LogP contribution in [0.15, 0.2) is 121 Å². The third-order valence-corrected chi connectivity index (χ3v) is 9.41. The summed E-state index contributed by atoms with van der Waals surface area (Å²) in [7, 11) is 0. The summed E-state index contributed by atoms with van der Waals surface area (Å²) in [6.07, 6.45) is 4.15. The number of fused-ring (bicyclic) bond motifs is 3. The van der Waals surface area contributed by atoms with Crippen molar-refractivity contribution in [3.05, 3.63) is 144 Å². The van der Waals surface area contributed by atoms with Gasteiger partial charge in [0.05, 0.1) is 18.6 Å². The summed E-state index contributed by atoms with van der Waals surface area (Å²) in [6, 6.07) is 34.0. The fraction of sp³-hybridized carbons (Fsp3) is 0.333. The van der Waals surface area contributed by atoms with E-state index >= 15 is 0 Å². The molecule has 0 saturated heterocycles. The van der Waals surface area contributed by atoms with E-state index in [0.717, 1.165) is 48.3 Å². The first-order valence-electron chi connectivity index (χ1n) is 18.1. The highest BCUT2D eigenvalue weighted by molar-refractivity contribution is 5.88. The van der Waals surface area contributed by atoms with E-state index in [1.165, 1.54) is 22.3 Å². The molecule has 0 amide bonds. The molecule has 6 nitrogen and oxygen atoms in total. The van der Waals surface area contributed by atoms with Gasteiger partial charge in [-0.3, -0.25) is 0 Å². The first kappa shape index (κ1) is 37.2. The second kappa shape index (κ2) is 17.2. The van der Waals surface area contributed by atoms with Gasteiger partial charge >= 0.3 is 11.9 Å². The lowest BCUT2D eigenvalue weighted by Gasteiger charge is -2.34. The number of carbonyl (C=O) groups is 2. The van der Waals surface area contributed by atoms with Crippen LogP contribution in [0, 0.1) is 0 Å². The van der Waals surface area contributed by atoms with E-state index in [1.807, 2.05) is 24.3 Å². The highest BCUT2D eigenvalue weighted by Crippen LogP contribution is 2.56. The molecule has 0 bridgehead atoms. The first-order valence-corrected chi connectivity index (χ1v) is 18.1. The van der Waals surface area contributed by atoms with Crippen LogP contribution in [0.3, 0.4) is 0 Å². The standard InChI is InChI=1S/C45H50O6/c1-7-13-37(50-43(46)31(3)4)27-29-48-35-23-19-33(20-24-35)45(41-17-11-9-15-39(41)40-16-10-12-18-42(40)45)34-21-25-36(26-22-34)49-30-28-38(14-8-2)51-44(47)32(5)6/h9-12,15-26,37-38H,3,5,7-8,13-14,27-30H2,1-2,4,6H3. The molecule has 2 unspecified atom stereocenters. The lowest BCUT2D eigenvalue weighted by atomic mass is 9.68. The Kier molecular flexibility index (Phi) is 12.5. The number of carbonyl (C=O) groups excluding carboxylic acids is 2. The van der Waals surface area contributed by atoms with Crippen LogP contribution in [0.5, 0.6) is 11.5 Å². The summed E-state index contributed by atoms with van der Waals surface area (Å²) < 4.78 is 23.6. The van der Waals surface area contributed by atoms with Crippen molar-refractivity contribution >= 4 is 11.9 Å². The normalized spacial score (nSPS) is 13.6. The van der Waals surface area contributed by atoms with E-state index in [0.29, 0.717) is 37.2 Å². The van der Waals surface area contributed by atoms with Crippen molar-refractivity contribution in [1.82, 2.24) is 0 Å². The molecule has 0 N–H and O–H groups in total. The summed E-state index contributed by atoms with van der Waals surface area (Å²) in [6.45, 7) is 15.8. The van der Waals surface area contributed by atoms with Crippen molar-refractivity contribution in [2.24, 2.45) is 0 Å². The monoisotopic (exact) mass is 686 g/mol.